The molecule has 0 rings (SSSR count). The lowest BCUT2D eigenvalue weighted by Gasteiger charge is -2.47. The third kappa shape index (κ3) is 2.96. The third-order valence-electron chi connectivity index (χ3n) is 4.61. The summed E-state index contributed by atoms with van der Waals surface area (Å²) < 4.78 is 5.88. The Bertz CT molecular complexity index is 152. The van der Waals surface area contributed by atoms with Crippen LogP contribution in [0.2, 0.25) is 0 Å². The van der Waals surface area contributed by atoms with Crippen molar-refractivity contribution in [2.24, 2.45) is 5.41 Å². The molecule has 0 fully saturated rings. The molecule has 0 saturated carbocycles. The molecule has 1 nitrogen and oxygen atoms in total. The zero-order chi connectivity index (χ0) is 11.9. The van der Waals surface area contributed by atoms with E-state index in [1.807, 2.05) is 7.11 Å². The number of unbranched alkanes of at least 4 members (excludes halogenated alkanes) is 1. The van der Waals surface area contributed by atoms with Gasteiger partial charge in [0.2, 0.25) is 0 Å². The van der Waals surface area contributed by atoms with Gasteiger partial charge < -0.3 is 4.74 Å². The van der Waals surface area contributed by atoms with Crippen molar-refractivity contribution < 1.29 is 4.74 Å². The maximum atomic E-state index is 5.88. The van der Waals surface area contributed by atoms with Gasteiger partial charge in [0.05, 0.1) is 5.60 Å². The molecule has 0 amide bonds. The van der Waals surface area contributed by atoms with E-state index in [-0.39, 0.29) is 5.60 Å². The highest BCUT2D eigenvalue weighted by molar-refractivity contribution is 4.94. The van der Waals surface area contributed by atoms with Crippen LogP contribution < -0.4 is 0 Å². The zero-order valence-corrected chi connectivity index (χ0v) is 11.7. The minimum atomic E-state index is 0.0568. The van der Waals surface area contributed by atoms with Crippen molar-refractivity contribution in [2.75, 3.05) is 7.11 Å². The average molecular weight is 214 g/mol. The first-order valence-corrected chi connectivity index (χ1v) is 6.61. The first-order chi connectivity index (χ1) is 7.05. The number of methoxy groups -OCH3 is 1. The van der Waals surface area contributed by atoms with Crippen LogP contribution in [-0.4, -0.2) is 12.7 Å². The van der Waals surface area contributed by atoms with Crippen molar-refractivity contribution in [2.45, 2.75) is 78.7 Å². The fourth-order valence-electron chi connectivity index (χ4n) is 2.97. The second-order valence-corrected chi connectivity index (χ2v) is 4.88. The van der Waals surface area contributed by atoms with Gasteiger partial charge in [0, 0.05) is 7.11 Å². The van der Waals surface area contributed by atoms with E-state index in [1.165, 1.54) is 38.5 Å². The van der Waals surface area contributed by atoms with Gasteiger partial charge in [-0.3, -0.25) is 0 Å². The van der Waals surface area contributed by atoms with E-state index in [9.17, 15) is 0 Å². The highest BCUT2D eigenvalue weighted by Crippen LogP contribution is 2.46. The smallest absolute Gasteiger partial charge is 0.0706 e. The van der Waals surface area contributed by atoms with E-state index in [2.05, 4.69) is 34.6 Å². The second-order valence-electron chi connectivity index (χ2n) is 4.88. The van der Waals surface area contributed by atoms with Gasteiger partial charge in [-0.15, -0.1) is 0 Å². The molecule has 0 aliphatic rings. The topological polar surface area (TPSA) is 9.23 Å². The van der Waals surface area contributed by atoms with E-state index < -0.39 is 0 Å². The van der Waals surface area contributed by atoms with Crippen molar-refractivity contribution in [1.29, 1.82) is 0 Å². The molecule has 92 valence electrons. The quantitative estimate of drug-likeness (QED) is 0.564. The molecular weight excluding hydrogens is 184 g/mol. The summed E-state index contributed by atoms with van der Waals surface area (Å²) in [6.07, 6.45) is 7.37. The molecule has 0 aromatic heterocycles. The lowest BCUT2D eigenvalue weighted by atomic mass is 9.65. The highest BCUT2D eigenvalue weighted by atomic mass is 16.5. The number of hydrogen-bond donors (Lipinski definition) is 0. The van der Waals surface area contributed by atoms with Gasteiger partial charge in [0.15, 0.2) is 0 Å². The van der Waals surface area contributed by atoms with Crippen LogP contribution in [0.5, 0.6) is 0 Å². The van der Waals surface area contributed by atoms with E-state index in [0.717, 1.165) is 0 Å². The Morgan fingerprint density at radius 3 is 1.67 bits per heavy atom. The Balaban J connectivity index is 4.84. The molecule has 0 N–H and O–H groups in total. The Hall–Kier alpha value is -0.0400. The van der Waals surface area contributed by atoms with Crippen LogP contribution in [0, 0.1) is 5.41 Å². The minimum Gasteiger partial charge on any atom is -0.378 e. The van der Waals surface area contributed by atoms with Gasteiger partial charge in [0.25, 0.3) is 0 Å². The molecule has 0 aliphatic heterocycles. The van der Waals surface area contributed by atoms with Gasteiger partial charge >= 0.3 is 0 Å². The standard InChI is InChI=1S/C14H30O/c1-7-11-12-13(5,15-6)14(8-2,9-3)10-4/h7-12H2,1-6H3. The Labute approximate surface area is 96.6 Å². The number of rotatable bonds is 8. The van der Waals surface area contributed by atoms with Crippen molar-refractivity contribution in [3.8, 4) is 0 Å². The van der Waals surface area contributed by atoms with Crippen molar-refractivity contribution in [1.82, 2.24) is 0 Å². The van der Waals surface area contributed by atoms with Crippen molar-refractivity contribution in [3.05, 3.63) is 0 Å². The summed E-state index contributed by atoms with van der Waals surface area (Å²) in [5.41, 5.74) is 0.415. The van der Waals surface area contributed by atoms with Crippen LogP contribution in [0.4, 0.5) is 0 Å². The van der Waals surface area contributed by atoms with Crippen LogP contribution >= 0.6 is 0 Å². The van der Waals surface area contributed by atoms with E-state index in [0.29, 0.717) is 5.41 Å². The summed E-state index contributed by atoms with van der Waals surface area (Å²) in [6.45, 7) is 11.5. The van der Waals surface area contributed by atoms with E-state index >= 15 is 0 Å². The maximum absolute atomic E-state index is 5.88. The van der Waals surface area contributed by atoms with Gasteiger partial charge in [-0.05, 0) is 38.0 Å². The van der Waals surface area contributed by atoms with E-state index in [4.69, 9.17) is 4.74 Å². The predicted octanol–water partition coefficient (Wildman–Crippen LogP) is 4.80. The summed E-state index contributed by atoms with van der Waals surface area (Å²) in [4.78, 5) is 0. The van der Waals surface area contributed by atoms with Crippen LogP contribution in [0.15, 0.2) is 0 Å². The van der Waals surface area contributed by atoms with E-state index in [1.54, 1.807) is 0 Å². The average Bonchev–Trinajstić information content (AvgIpc) is 2.29. The summed E-state index contributed by atoms with van der Waals surface area (Å²) in [5, 5.41) is 0. The zero-order valence-electron chi connectivity index (χ0n) is 11.7. The molecule has 1 heteroatoms. The van der Waals surface area contributed by atoms with Crippen molar-refractivity contribution in [3.63, 3.8) is 0 Å². The van der Waals surface area contributed by atoms with Gasteiger partial charge in [-0.25, -0.2) is 0 Å². The Morgan fingerprint density at radius 1 is 0.933 bits per heavy atom. The van der Waals surface area contributed by atoms with Crippen LogP contribution in [0.3, 0.4) is 0 Å². The molecule has 0 spiro atoms. The summed E-state index contributed by atoms with van der Waals surface area (Å²) in [6, 6.07) is 0. The summed E-state index contributed by atoms with van der Waals surface area (Å²) >= 11 is 0. The molecular formula is C14H30O. The van der Waals surface area contributed by atoms with Gasteiger partial charge in [-0.2, -0.15) is 0 Å². The van der Waals surface area contributed by atoms with Crippen LogP contribution in [-0.2, 0) is 4.74 Å². The Morgan fingerprint density at radius 2 is 1.40 bits per heavy atom. The molecule has 0 radical (unpaired) electrons. The first kappa shape index (κ1) is 15.0. The predicted molar refractivity (Wildman–Crippen MR) is 68.2 cm³/mol. The van der Waals surface area contributed by atoms with Crippen LogP contribution in [0.1, 0.15) is 73.1 Å². The fourth-order valence-corrected chi connectivity index (χ4v) is 2.97. The summed E-state index contributed by atoms with van der Waals surface area (Å²) in [5.74, 6) is 0. The normalized spacial score (nSPS) is 16.4. The SMILES string of the molecule is CCCCC(C)(OC)C(CC)(CC)CC. The maximum Gasteiger partial charge on any atom is 0.0706 e. The first-order valence-electron chi connectivity index (χ1n) is 6.61. The second kappa shape index (κ2) is 6.52. The molecule has 0 aromatic rings. The largest absolute Gasteiger partial charge is 0.378 e. The number of ether oxygens (including phenoxy) is 1. The molecule has 0 heterocycles. The van der Waals surface area contributed by atoms with Gasteiger partial charge in [0.1, 0.15) is 0 Å². The summed E-state index contributed by atoms with van der Waals surface area (Å²) in [7, 11) is 1.88. The monoisotopic (exact) mass is 214 g/mol. The van der Waals surface area contributed by atoms with Crippen LogP contribution in [0.25, 0.3) is 0 Å². The molecule has 1 atom stereocenters. The Kier molecular flexibility index (Phi) is 6.51. The lowest BCUT2D eigenvalue weighted by molar-refractivity contribution is -0.114. The molecule has 0 aliphatic carbocycles. The molecule has 15 heavy (non-hydrogen) atoms. The molecule has 1 unspecified atom stereocenters. The molecule has 0 aromatic carbocycles. The third-order valence-corrected chi connectivity index (χ3v) is 4.61. The number of hydrogen-bond acceptors (Lipinski definition) is 1. The minimum absolute atomic E-state index is 0.0568. The lowest BCUT2D eigenvalue weighted by Crippen LogP contribution is -2.46. The van der Waals surface area contributed by atoms with Gasteiger partial charge in [-0.1, -0.05) is 40.5 Å². The fraction of sp³-hybridized carbons (Fsp3) is 1.00. The highest BCUT2D eigenvalue weighted by Gasteiger charge is 2.43. The molecule has 0 saturated heterocycles. The van der Waals surface area contributed by atoms with Crippen molar-refractivity contribution >= 4 is 0 Å². The molecule has 0 bridgehead atoms.